The molecular weight excluding hydrogens is 774 g/mol. The molecule has 5 aromatic carbocycles. The lowest BCUT2D eigenvalue weighted by molar-refractivity contribution is -0.384. The Hall–Kier alpha value is -7.45. The minimum Gasteiger partial charge on any atom is -0.508 e. The molecule has 3 N–H and O–H groups in total. The number of carbonyl (C=O) groups excluding carboxylic acids is 2. The third-order valence-corrected chi connectivity index (χ3v) is 9.58. The number of fused-ring (bicyclic) bond motifs is 1. The second-order valence-corrected chi connectivity index (χ2v) is 13.6. The minimum absolute atomic E-state index is 0.0319. The third-order valence-electron chi connectivity index (χ3n) is 9.26. The Morgan fingerprint density at radius 2 is 1.20 bits per heavy atom. The molecule has 7 aromatic rings. The normalized spacial score (nSPS) is 10.7. The fourth-order valence-electron chi connectivity index (χ4n) is 6.44. The maximum absolute atomic E-state index is 13.2. The number of hydrogen-bond donors (Lipinski definition) is 3. The van der Waals surface area contributed by atoms with Crippen molar-refractivity contribution in [1.82, 2.24) is 19.6 Å². The summed E-state index contributed by atoms with van der Waals surface area (Å²) < 4.78 is 2.57. The highest BCUT2D eigenvalue weighted by Crippen LogP contribution is 2.34. The highest BCUT2D eigenvalue weighted by Gasteiger charge is 2.24. The molecule has 0 radical (unpaired) electrons. The number of halogens is 1. The molecule has 0 aliphatic rings. The van der Waals surface area contributed by atoms with E-state index in [9.17, 15) is 34.4 Å². The van der Waals surface area contributed by atoms with Gasteiger partial charge in [-0.15, -0.1) is 0 Å². The molecule has 0 amide bonds. The summed E-state index contributed by atoms with van der Waals surface area (Å²) in [6, 6.07) is 32.8. The summed E-state index contributed by atoms with van der Waals surface area (Å²) in [5.74, 6) is -0.512. The van der Waals surface area contributed by atoms with Crippen molar-refractivity contribution in [3.8, 4) is 28.3 Å². The molecule has 0 spiro atoms. The van der Waals surface area contributed by atoms with Gasteiger partial charge in [-0.3, -0.25) is 29.3 Å². The van der Waals surface area contributed by atoms with Crippen LogP contribution in [0.25, 0.3) is 33.3 Å². The monoisotopic (exact) mass is 811 g/mol. The fraction of sp³-hybridized carbons (Fsp3) is 0.136. The van der Waals surface area contributed by atoms with Crippen LogP contribution in [0.2, 0.25) is 5.02 Å². The summed E-state index contributed by atoms with van der Waals surface area (Å²) in [5.41, 5.74) is 2.35. The molecule has 298 valence electrons. The Balaban J connectivity index is 0.000000199. The number of nitrogens with one attached hydrogen (secondary N) is 2. The predicted molar refractivity (Wildman–Crippen MR) is 230 cm³/mol. The topological polar surface area (TPSA) is 191 Å². The van der Waals surface area contributed by atoms with Crippen LogP contribution in [0.3, 0.4) is 0 Å². The first kappa shape index (κ1) is 41.2. The molecule has 0 aliphatic heterocycles. The Kier molecular flexibility index (Phi) is 12.4. The second kappa shape index (κ2) is 17.8. The first-order valence-electron chi connectivity index (χ1n) is 18.5. The number of anilines is 4. The van der Waals surface area contributed by atoms with Crippen LogP contribution >= 0.6 is 11.6 Å². The summed E-state index contributed by atoms with van der Waals surface area (Å²) in [6.45, 7) is 6.98. The second-order valence-electron chi connectivity index (χ2n) is 13.2. The highest BCUT2D eigenvalue weighted by atomic mass is 35.5. The van der Waals surface area contributed by atoms with Crippen molar-refractivity contribution < 1.29 is 19.6 Å². The third kappa shape index (κ3) is 8.77. The highest BCUT2D eigenvalue weighted by molar-refractivity contribution is 6.33. The maximum atomic E-state index is 13.2. The van der Waals surface area contributed by atoms with Crippen LogP contribution in [0.15, 0.2) is 125 Å². The van der Waals surface area contributed by atoms with Gasteiger partial charge in [-0.2, -0.15) is 10.2 Å². The molecular formula is C44H38ClN7O7. The lowest BCUT2D eigenvalue weighted by Crippen LogP contribution is -2.28. The van der Waals surface area contributed by atoms with E-state index in [0.717, 1.165) is 16.3 Å². The van der Waals surface area contributed by atoms with Gasteiger partial charge in [0, 0.05) is 47.4 Å². The number of carbonyl (C=O) groups is 2. The van der Waals surface area contributed by atoms with Crippen LogP contribution in [0, 0.1) is 10.1 Å². The van der Waals surface area contributed by atoms with Gasteiger partial charge < -0.3 is 15.7 Å². The number of nitrogens with zero attached hydrogens (tertiary/aromatic N) is 5. The van der Waals surface area contributed by atoms with E-state index in [1.54, 1.807) is 49.4 Å². The van der Waals surface area contributed by atoms with Crippen LogP contribution in [-0.4, -0.2) is 41.2 Å². The van der Waals surface area contributed by atoms with Gasteiger partial charge in [-0.1, -0.05) is 90.5 Å². The Bertz CT molecular complexity index is 2860. The molecule has 0 saturated heterocycles. The Morgan fingerprint density at radius 3 is 1.68 bits per heavy atom. The molecule has 0 fully saturated rings. The van der Waals surface area contributed by atoms with E-state index < -0.39 is 10.5 Å². The van der Waals surface area contributed by atoms with Gasteiger partial charge in [0.2, 0.25) is 0 Å². The summed E-state index contributed by atoms with van der Waals surface area (Å²) in [4.78, 5) is 61.8. The number of aromatic hydroxyl groups is 1. The van der Waals surface area contributed by atoms with Gasteiger partial charge in [0.15, 0.2) is 11.6 Å². The maximum Gasteiger partial charge on any atom is 0.291 e. The standard InChI is InChI=1S/C24H21N3O3.C20H17ClN4O4/c1-3-27-24(30)23(21(15(2)28)22(26-27)17-8-5-4-6-9-17)25-20-11-7-10-16-12-13-18(29)14-19(16)20;1-3-24-20(27)19(22-16-11-14(25(28)29)9-10-15(16)21)17(12(2)26)18(23-24)13-7-5-4-6-8-13/h4-14,25,29H,3H2,1-2H3;4-11,22H,3H2,1-2H3. The van der Waals surface area contributed by atoms with Crippen molar-refractivity contribution in [3.63, 3.8) is 0 Å². The summed E-state index contributed by atoms with van der Waals surface area (Å²) in [5, 5.41) is 37.7. The van der Waals surface area contributed by atoms with E-state index in [1.807, 2.05) is 61.5 Å². The molecule has 2 aromatic heterocycles. The number of nitro groups is 1. The number of hydrogen-bond acceptors (Lipinski definition) is 11. The zero-order chi connectivity index (χ0) is 42.4. The molecule has 0 atom stereocenters. The van der Waals surface area contributed by atoms with Crippen molar-refractivity contribution in [3.05, 3.63) is 162 Å². The largest absolute Gasteiger partial charge is 0.508 e. The van der Waals surface area contributed by atoms with E-state index in [4.69, 9.17) is 11.6 Å². The van der Waals surface area contributed by atoms with Gasteiger partial charge in [0.1, 0.15) is 28.5 Å². The lowest BCUT2D eigenvalue weighted by atomic mass is 10.0. The molecule has 59 heavy (non-hydrogen) atoms. The van der Waals surface area contributed by atoms with Crippen molar-refractivity contribution >= 4 is 62.4 Å². The van der Waals surface area contributed by atoms with E-state index in [1.165, 1.54) is 41.4 Å². The molecule has 0 aliphatic carbocycles. The average Bonchev–Trinajstić information content (AvgIpc) is 3.23. The zero-order valence-corrected chi connectivity index (χ0v) is 33.2. The zero-order valence-electron chi connectivity index (χ0n) is 32.4. The molecule has 14 nitrogen and oxygen atoms in total. The van der Waals surface area contributed by atoms with Crippen molar-refractivity contribution in [2.45, 2.75) is 40.8 Å². The number of aromatic nitrogens is 4. The summed E-state index contributed by atoms with van der Waals surface area (Å²) >= 11 is 6.17. The number of phenolic OH excluding ortho intramolecular Hbond substituents is 1. The fourth-order valence-corrected chi connectivity index (χ4v) is 6.61. The van der Waals surface area contributed by atoms with E-state index in [0.29, 0.717) is 29.2 Å². The van der Waals surface area contributed by atoms with Gasteiger partial charge in [-0.25, -0.2) is 9.36 Å². The number of benzene rings is 5. The summed E-state index contributed by atoms with van der Waals surface area (Å²) in [6.07, 6.45) is 0. The van der Waals surface area contributed by atoms with Gasteiger partial charge >= 0.3 is 0 Å². The average molecular weight is 812 g/mol. The van der Waals surface area contributed by atoms with Crippen LogP contribution in [-0.2, 0) is 13.1 Å². The van der Waals surface area contributed by atoms with Crippen molar-refractivity contribution in [1.29, 1.82) is 0 Å². The smallest absolute Gasteiger partial charge is 0.291 e. The van der Waals surface area contributed by atoms with E-state index >= 15 is 0 Å². The Labute approximate surface area is 342 Å². The van der Waals surface area contributed by atoms with Crippen molar-refractivity contribution in [2.24, 2.45) is 0 Å². The van der Waals surface area contributed by atoms with Crippen LogP contribution in [0.5, 0.6) is 5.75 Å². The van der Waals surface area contributed by atoms with Gasteiger partial charge in [0.05, 0.1) is 26.8 Å². The number of rotatable bonds is 11. The SMILES string of the molecule is CCn1nc(-c2ccccc2)c(C(C)=O)c(Nc2cc([N+](=O)[O-])ccc2Cl)c1=O.CCn1nc(-c2ccccc2)c(C(C)=O)c(Nc2cccc3ccc(O)cc23)c1=O. The predicted octanol–water partition coefficient (Wildman–Crippen LogP) is 9.17. The van der Waals surface area contributed by atoms with Crippen LogP contribution < -0.4 is 21.8 Å². The molecule has 0 unspecified atom stereocenters. The quantitative estimate of drug-likeness (QED) is 0.0641. The van der Waals surface area contributed by atoms with E-state index in [2.05, 4.69) is 20.8 Å². The molecule has 7 rings (SSSR count). The van der Waals surface area contributed by atoms with E-state index in [-0.39, 0.29) is 68.3 Å². The number of nitro benzene ring substituents is 1. The number of ketones is 2. The summed E-state index contributed by atoms with van der Waals surface area (Å²) in [7, 11) is 0. The van der Waals surface area contributed by atoms with Gasteiger partial charge in [0.25, 0.3) is 16.8 Å². The molecule has 2 heterocycles. The van der Waals surface area contributed by atoms with Gasteiger partial charge in [-0.05, 0) is 57.3 Å². The number of aryl methyl sites for hydroxylation is 2. The lowest BCUT2D eigenvalue weighted by Gasteiger charge is -2.17. The first-order chi connectivity index (χ1) is 28.3. The molecule has 0 bridgehead atoms. The first-order valence-corrected chi connectivity index (χ1v) is 18.8. The number of phenols is 1. The molecule has 0 saturated carbocycles. The van der Waals surface area contributed by atoms with Crippen molar-refractivity contribution in [2.75, 3.05) is 10.6 Å². The number of non-ortho nitro benzene ring substituents is 1. The van der Waals surface area contributed by atoms with Crippen LogP contribution in [0.4, 0.5) is 28.4 Å². The van der Waals surface area contributed by atoms with Crippen LogP contribution in [0.1, 0.15) is 48.4 Å². The molecule has 15 heteroatoms. The number of Topliss-reactive ketones (excluding diaryl/α,β-unsaturated/α-hetero) is 2. The minimum atomic E-state index is -0.570. The Morgan fingerprint density at radius 1 is 0.695 bits per heavy atom.